The van der Waals surface area contributed by atoms with Gasteiger partial charge in [0, 0.05) is 13.0 Å². The second kappa shape index (κ2) is 5.63. The summed E-state index contributed by atoms with van der Waals surface area (Å²) in [5, 5.41) is 8.39. The van der Waals surface area contributed by atoms with E-state index in [9.17, 15) is 0 Å². The minimum Gasteiger partial charge on any atom is -0.499 e. The van der Waals surface area contributed by atoms with E-state index in [1.807, 2.05) is 6.92 Å². The van der Waals surface area contributed by atoms with Crippen molar-refractivity contribution < 1.29 is 9.84 Å². The zero-order valence-electron chi connectivity index (χ0n) is 5.89. The molecule has 0 saturated heterocycles. The molecule has 0 aromatic rings. The lowest BCUT2D eigenvalue weighted by Gasteiger charge is -2.03. The summed E-state index contributed by atoms with van der Waals surface area (Å²) < 4.78 is 5.04. The Hall–Kier alpha value is -0.500. The van der Waals surface area contributed by atoms with Gasteiger partial charge in [-0.25, -0.2) is 0 Å². The first kappa shape index (κ1) is 8.50. The van der Waals surface area contributed by atoms with Crippen LogP contribution in [-0.2, 0) is 4.74 Å². The molecular weight excluding hydrogens is 116 g/mol. The van der Waals surface area contributed by atoms with Gasteiger partial charge in [-0.05, 0) is 13.3 Å². The van der Waals surface area contributed by atoms with Gasteiger partial charge < -0.3 is 9.84 Å². The van der Waals surface area contributed by atoms with Crippen LogP contribution in [0.4, 0.5) is 0 Å². The molecule has 0 rings (SSSR count). The van der Waals surface area contributed by atoms with Gasteiger partial charge >= 0.3 is 0 Å². The predicted octanol–water partition coefficient (Wildman–Crippen LogP) is 1.31. The first-order valence-electron chi connectivity index (χ1n) is 3.22. The molecule has 0 atom stereocenters. The van der Waals surface area contributed by atoms with Crippen molar-refractivity contribution in [1.29, 1.82) is 0 Å². The molecule has 0 radical (unpaired) electrons. The highest BCUT2D eigenvalue weighted by Gasteiger charge is 1.90. The van der Waals surface area contributed by atoms with Gasteiger partial charge in [-0.1, -0.05) is 6.58 Å². The summed E-state index contributed by atoms with van der Waals surface area (Å²) in [6.45, 7) is 6.45. The molecule has 0 spiro atoms. The zero-order valence-corrected chi connectivity index (χ0v) is 5.89. The fourth-order valence-corrected chi connectivity index (χ4v) is 0.553. The lowest BCUT2D eigenvalue weighted by atomic mass is 10.3. The lowest BCUT2D eigenvalue weighted by molar-refractivity contribution is 0.208. The molecular formula is C7H14O2. The van der Waals surface area contributed by atoms with Crippen molar-refractivity contribution in [2.75, 3.05) is 13.2 Å². The monoisotopic (exact) mass is 130 g/mol. The molecule has 0 heterocycles. The largest absolute Gasteiger partial charge is 0.499 e. The molecule has 0 aromatic heterocycles. The molecule has 0 bridgehead atoms. The number of hydrogen-bond donors (Lipinski definition) is 1. The number of hydrogen-bond acceptors (Lipinski definition) is 2. The summed E-state index contributed by atoms with van der Waals surface area (Å²) in [4.78, 5) is 0. The van der Waals surface area contributed by atoms with Crippen LogP contribution in [0, 0.1) is 0 Å². The van der Waals surface area contributed by atoms with Gasteiger partial charge in [-0.3, -0.25) is 0 Å². The van der Waals surface area contributed by atoms with Gasteiger partial charge in [0.25, 0.3) is 0 Å². The van der Waals surface area contributed by atoms with Crippen molar-refractivity contribution in [1.82, 2.24) is 0 Å². The predicted molar refractivity (Wildman–Crippen MR) is 37.1 cm³/mol. The Labute approximate surface area is 56.1 Å². The summed E-state index contributed by atoms with van der Waals surface area (Å²) in [5.74, 6) is 0.770. The number of aliphatic hydroxyl groups excluding tert-OH is 1. The normalized spacial score (nSPS) is 9.11. The van der Waals surface area contributed by atoms with Crippen molar-refractivity contribution >= 4 is 0 Å². The molecule has 54 valence electrons. The standard InChI is InChI=1S/C7H14O2/c1-3-9-7(2)5-4-6-8/h8H,2-6H2,1H3. The van der Waals surface area contributed by atoms with Crippen molar-refractivity contribution in [3.8, 4) is 0 Å². The first-order valence-corrected chi connectivity index (χ1v) is 3.22. The summed E-state index contributed by atoms with van der Waals surface area (Å²) >= 11 is 0. The van der Waals surface area contributed by atoms with Crippen LogP contribution in [0.2, 0.25) is 0 Å². The van der Waals surface area contributed by atoms with Gasteiger partial charge in [-0.15, -0.1) is 0 Å². The van der Waals surface area contributed by atoms with Gasteiger partial charge in [0.15, 0.2) is 0 Å². The van der Waals surface area contributed by atoms with Crippen LogP contribution < -0.4 is 0 Å². The van der Waals surface area contributed by atoms with Crippen molar-refractivity contribution in [3.05, 3.63) is 12.3 Å². The van der Waals surface area contributed by atoms with Crippen molar-refractivity contribution in [3.63, 3.8) is 0 Å². The highest BCUT2D eigenvalue weighted by Crippen LogP contribution is 2.01. The Kier molecular flexibility index (Phi) is 5.32. The molecule has 0 aliphatic rings. The minimum absolute atomic E-state index is 0.214. The fraction of sp³-hybridized carbons (Fsp3) is 0.714. The van der Waals surface area contributed by atoms with Gasteiger partial charge in [-0.2, -0.15) is 0 Å². The van der Waals surface area contributed by atoms with Gasteiger partial charge in [0.2, 0.25) is 0 Å². The third-order valence-corrected chi connectivity index (χ3v) is 0.962. The molecule has 0 fully saturated rings. The average molecular weight is 130 g/mol. The number of rotatable bonds is 5. The molecule has 0 aliphatic carbocycles. The van der Waals surface area contributed by atoms with E-state index >= 15 is 0 Å². The quantitative estimate of drug-likeness (QED) is 0.568. The smallest absolute Gasteiger partial charge is 0.0888 e. The van der Waals surface area contributed by atoms with E-state index in [1.165, 1.54) is 0 Å². The first-order chi connectivity index (χ1) is 4.31. The average Bonchev–Trinajstić information content (AvgIpc) is 1.85. The van der Waals surface area contributed by atoms with E-state index in [0.29, 0.717) is 6.61 Å². The van der Waals surface area contributed by atoms with Crippen molar-refractivity contribution in [2.24, 2.45) is 0 Å². The highest BCUT2D eigenvalue weighted by molar-refractivity contribution is 4.81. The number of allylic oxidation sites excluding steroid dienone is 1. The van der Waals surface area contributed by atoms with E-state index in [1.54, 1.807) is 0 Å². The minimum atomic E-state index is 0.214. The summed E-state index contributed by atoms with van der Waals surface area (Å²) in [7, 11) is 0. The SMILES string of the molecule is C=C(CCCO)OCC. The molecule has 0 aliphatic heterocycles. The Balaban J connectivity index is 3.06. The second-order valence-corrected chi connectivity index (χ2v) is 1.80. The molecule has 0 saturated carbocycles. The van der Waals surface area contributed by atoms with Crippen LogP contribution >= 0.6 is 0 Å². The molecule has 0 amide bonds. The van der Waals surface area contributed by atoms with Crippen LogP contribution in [0.15, 0.2) is 12.3 Å². The van der Waals surface area contributed by atoms with Crippen molar-refractivity contribution in [2.45, 2.75) is 19.8 Å². The third-order valence-electron chi connectivity index (χ3n) is 0.962. The Morgan fingerprint density at radius 3 is 2.78 bits per heavy atom. The number of aliphatic hydroxyl groups is 1. The summed E-state index contributed by atoms with van der Waals surface area (Å²) in [5.41, 5.74) is 0. The number of ether oxygens (including phenoxy) is 1. The van der Waals surface area contributed by atoms with Crippen LogP contribution in [0.5, 0.6) is 0 Å². The third kappa shape index (κ3) is 5.37. The van der Waals surface area contributed by atoms with E-state index in [0.717, 1.165) is 18.6 Å². The van der Waals surface area contributed by atoms with Gasteiger partial charge in [0.1, 0.15) is 0 Å². The topological polar surface area (TPSA) is 29.5 Å². The van der Waals surface area contributed by atoms with E-state index in [4.69, 9.17) is 9.84 Å². The summed E-state index contributed by atoms with van der Waals surface area (Å²) in [6, 6.07) is 0. The fourth-order valence-electron chi connectivity index (χ4n) is 0.553. The zero-order chi connectivity index (χ0) is 7.11. The molecule has 2 nitrogen and oxygen atoms in total. The van der Waals surface area contributed by atoms with E-state index in [2.05, 4.69) is 6.58 Å². The maximum atomic E-state index is 8.39. The maximum absolute atomic E-state index is 8.39. The van der Waals surface area contributed by atoms with E-state index in [-0.39, 0.29) is 6.61 Å². The molecule has 9 heavy (non-hydrogen) atoms. The van der Waals surface area contributed by atoms with Crippen LogP contribution in [0.3, 0.4) is 0 Å². The molecule has 1 N–H and O–H groups in total. The Morgan fingerprint density at radius 2 is 2.33 bits per heavy atom. The molecule has 2 heteroatoms. The Morgan fingerprint density at radius 1 is 1.67 bits per heavy atom. The Bertz CT molecular complexity index is 79.0. The van der Waals surface area contributed by atoms with Crippen LogP contribution in [0.25, 0.3) is 0 Å². The highest BCUT2D eigenvalue weighted by atomic mass is 16.5. The second-order valence-electron chi connectivity index (χ2n) is 1.80. The van der Waals surface area contributed by atoms with Gasteiger partial charge in [0.05, 0.1) is 12.4 Å². The van der Waals surface area contributed by atoms with E-state index < -0.39 is 0 Å². The summed E-state index contributed by atoms with van der Waals surface area (Å²) in [6.07, 6.45) is 1.52. The maximum Gasteiger partial charge on any atom is 0.0888 e. The molecule has 0 unspecified atom stereocenters. The van der Waals surface area contributed by atoms with Crippen LogP contribution in [0.1, 0.15) is 19.8 Å². The lowest BCUT2D eigenvalue weighted by Crippen LogP contribution is -1.91. The van der Waals surface area contributed by atoms with Crippen LogP contribution in [-0.4, -0.2) is 18.3 Å². The molecule has 0 aromatic carbocycles.